The Kier molecular flexibility index (Phi) is 9.99. The molecule has 0 bridgehead atoms. The van der Waals surface area contributed by atoms with Crippen LogP contribution in [0.3, 0.4) is 0 Å². The number of carbonyl (C=O) groups excluding carboxylic acids is 3. The Bertz CT molecular complexity index is 1680. The third kappa shape index (κ3) is 6.03. The zero-order chi connectivity index (χ0) is 39.1. The first-order valence-corrected chi connectivity index (χ1v) is 20.3. The van der Waals surface area contributed by atoms with Gasteiger partial charge < -0.3 is 19.8 Å². The number of esters is 1. The van der Waals surface area contributed by atoms with Gasteiger partial charge in [0.25, 0.3) is 5.91 Å². The number of carboxylic acids is 1. The predicted octanol–water partition coefficient (Wildman–Crippen LogP) is 8.51. The Morgan fingerprint density at radius 1 is 0.906 bits per heavy atom. The van der Waals surface area contributed by atoms with E-state index in [1.807, 2.05) is 18.2 Å². The fraction of sp³-hybridized carbons (Fsp3) is 0.733. The molecule has 0 aliphatic heterocycles. The van der Waals surface area contributed by atoms with E-state index in [-0.39, 0.29) is 64.3 Å². The summed E-state index contributed by atoms with van der Waals surface area (Å²) in [6.45, 7) is 19.6. The van der Waals surface area contributed by atoms with Crippen LogP contribution in [0.1, 0.15) is 137 Å². The second-order valence-corrected chi connectivity index (χ2v) is 20.1. The molecule has 8 heteroatoms. The second-order valence-electron chi connectivity index (χ2n) is 20.1. The lowest BCUT2D eigenvalue weighted by atomic mass is 9.33. The number of ketones is 1. The number of amides is 1. The van der Waals surface area contributed by atoms with Crippen LogP contribution in [0, 0.1) is 56.2 Å². The summed E-state index contributed by atoms with van der Waals surface area (Å²) in [5.41, 5.74) is 0.556. The van der Waals surface area contributed by atoms with Crippen molar-refractivity contribution in [3.05, 3.63) is 47.0 Å². The van der Waals surface area contributed by atoms with Gasteiger partial charge >= 0.3 is 11.9 Å². The number of aliphatic carboxylic acids is 1. The molecular formula is C45H65NO7. The number of allylic oxidation sites excluding steroid dienone is 1. The highest BCUT2D eigenvalue weighted by atomic mass is 16.5. The van der Waals surface area contributed by atoms with Crippen LogP contribution >= 0.6 is 0 Å². The number of carboxylic acid groups (broad SMARTS) is 1. The van der Waals surface area contributed by atoms with Crippen LogP contribution in [0.4, 0.5) is 0 Å². The number of fused-ring (bicyclic) bond motifs is 7. The quantitative estimate of drug-likeness (QED) is 0.244. The van der Waals surface area contributed by atoms with E-state index >= 15 is 0 Å². The Labute approximate surface area is 317 Å². The first-order chi connectivity index (χ1) is 24.6. The van der Waals surface area contributed by atoms with E-state index in [2.05, 4.69) is 48.5 Å². The van der Waals surface area contributed by atoms with Gasteiger partial charge in [0.1, 0.15) is 6.10 Å². The molecule has 0 heterocycles. The van der Waals surface area contributed by atoms with Crippen LogP contribution in [0.15, 0.2) is 41.5 Å². The molecule has 0 radical (unpaired) electrons. The predicted molar refractivity (Wildman–Crippen MR) is 205 cm³/mol. The summed E-state index contributed by atoms with van der Waals surface area (Å²) in [5, 5.41) is 21.9. The van der Waals surface area contributed by atoms with Gasteiger partial charge in [0.2, 0.25) is 0 Å². The van der Waals surface area contributed by atoms with Gasteiger partial charge in [-0.1, -0.05) is 72.2 Å². The van der Waals surface area contributed by atoms with Crippen LogP contribution in [-0.4, -0.2) is 64.5 Å². The van der Waals surface area contributed by atoms with Gasteiger partial charge in [0.15, 0.2) is 5.78 Å². The Balaban J connectivity index is 1.28. The van der Waals surface area contributed by atoms with Gasteiger partial charge in [-0.3, -0.25) is 19.2 Å². The molecule has 5 aliphatic rings. The molecule has 2 N–H and O–H groups in total. The molecule has 9 atom stereocenters. The van der Waals surface area contributed by atoms with Gasteiger partial charge in [0, 0.05) is 36.4 Å². The lowest BCUT2D eigenvalue weighted by molar-refractivity contribution is -0.235. The van der Waals surface area contributed by atoms with Crippen molar-refractivity contribution < 1.29 is 34.1 Å². The number of aliphatic hydroxyl groups is 1. The Morgan fingerprint density at radius 2 is 1.57 bits per heavy atom. The lowest BCUT2D eigenvalue weighted by Crippen LogP contribution is -2.66. The topological polar surface area (TPSA) is 121 Å². The van der Waals surface area contributed by atoms with Gasteiger partial charge in [-0.2, -0.15) is 0 Å². The summed E-state index contributed by atoms with van der Waals surface area (Å²) in [7, 11) is 1.75. The molecule has 0 spiro atoms. The maximum atomic E-state index is 14.1. The van der Waals surface area contributed by atoms with Crippen molar-refractivity contribution in [2.75, 3.05) is 13.6 Å². The van der Waals surface area contributed by atoms with E-state index in [4.69, 9.17) is 4.74 Å². The first-order valence-electron chi connectivity index (χ1n) is 20.3. The van der Waals surface area contributed by atoms with Crippen molar-refractivity contribution >= 4 is 23.6 Å². The van der Waals surface area contributed by atoms with Crippen LogP contribution in [-0.2, 0) is 19.1 Å². The summed E-state index contributed by atoms with van der Waals surface area (Å²) in [6, 6.07) is 9.18. The molecule has 5 aliphatic carbocycles. The third-order valence-electron chi connectivity index (χ3n) is 16.3. The number of likely N-dealkylation sites (N-methyl/N-ethyl adjacent to an activating group) is 1. The Hall–Kier alpha value is -3.00. The van der Waals surface area contributed by atoms with Gasteiger partial charge in [-0.25, -0.2) is 0 Å². The minimum absolute atomic E-state index is 0.00414. The Morgan fingerprint density at radius 3 is 2.19 bits per heavy atom. The maximum Gasteiger partial charge on any atom is 0.309 e. The summed E-state index contributed by atoms with van der Waals surface area (Å²) in [5.74, 6) is -0.382. The second kappa shape index (κ2) is 13.3. The molecule has 0 saturated heterocycles. The number of nitrogens with zero attached hydrogens (tertiary/aromatic N) is 1. The normalized spacial score (nSPS) is 36.9. The third-order valence-corrected chi connectivity index (χ3v) is 16.3. The monoisotopic (exact) mass is 731 g/mol. The van der Waals surface area contributed by atoms with Crippen LogP contribution in [0.2, 0.25) is 0 Å². The smallest absolute Gasteiger partial charge is 0.309 e. The number of aliphatic hydroxyl groups excluding tert-OH is 1. The number of benzene rings is 1. The first kappa shape index (κ1) is 39.7. The van der Waals surface area contributed by atoms with E-state index in [0.717, 1.165) is 56.9 Å². The standard InChI is InChI=1S/C45H65NO7/c1-27(2)36-30(47)24-45(33(48)26-46(10)38(50)28-14-12-11-13-15-28)23-22-43(8)29(37(36)45)16-17-32-42(7)20-19-34(53-35(49)25-40(3,4)39(51)52)41(5,6)31(42)18-21-44(32,43)9/h11-15,27,29,31-34,48H,16-26H2,1-10H3,(H,51,52)/t29-,31+,32?,33+,34+,42+,43-,44-,45+/m1/s1. The van der Waals surface area contributed by atoms with Crippen LogP contribution in [0.25, 0.3) is 0 Å². The fourth-order valence-electron chi connectivity index (χ4n) is 13.2. The molecule has 6 rings (SSSR count). The molecule has 4 fully saturated rings. The van der Waals surface area contributed by atoms with Crippen molar-refractivity contribution in [1.29, 1.82) is 0 Å². The average molecular weight is 732 g/mol. The molecule has 1 aromatic carbocycles. The van der Waals surface area contributed by atoms with E-state index in [0.29, 0.717) is 23.8 Å². The highest BCUT2D eigenvalue weighted by Gasteiger charge is 2.71. The van der Waals surface area contributed by atoms with Gasteiger partial charge in [-0.05, 0) is 123 Å². The molecule has 292 valence electrons. The highest BCUT2D eigenvalue weighted by molar-refractivity contribution is 6.01. The largest absolute Gasteiger partial charge is 0.481 e. The van der Waals surface area contributed by atoms with Crippen LogP contribution < -0.4 is 0 Å². The van der Waals surface area contributed by atoms with Gasteiger partial charge in [0.05, 0.1) is 17.9 Å². The molecule has 8 nitrogen and oxygen atoms in total. The zero-order valence-electron chi connectivity index (χ0n) is 34.0. The molecule has 1 amide bonds. The molecular weight excluding hydrogens is 666 g/mol. The average Bonchev–Trinajstić information content (AvgIpc) is 3.39. The van der Waals surface area contributed by atoms with E-state index in [1.54, 1.807) is 37.9 Å². The minimum atomic E-state index is -1.18. The minimum Gasteiger partial charge on any atom is -0.481 e. The number of Topliss-reactive ketones (excluding diaryl/α,β-unsaturated/α-hetero) is 1. The summed E-state index contributed by atoms with van der Waals surface area (Å²) in [6.07, 6.45) is 6.48. The van der Waals surface area contributed by atoms with Crippen molar-refractivity contribution in [1.82, 2.24) is 4.90 Å². The van der Waals surface area contributed by atoms with Crippen molar-refractivity contribution in [2.24, 2.45) is 56.2 Å². The molecule has 53 heavy (non-hydrogen) atoms. The number of ether oxygens (including phenoxy) is 1. The number of hydrogen-bond acceptors (Lipinski definition) is 6. The SMILES string of the molecule is CC(C)C1=C2[C@H]3CCC4[C@@]5(C)CC[C@H](OC(=O)CC(C)(C)C(=O)O)C(C)(C)[C@@H]5CC[C@@]4(C)[C@]3(C)CC[C@@]2([C@@H](O)CN(C)C(=O)c2ccccc2)CC1=O. The summed E-state index contributed by atoms with van der Waals surface area (Å²) in [4.78, 5) is 54.0. The zero-order valence-corrected chi connectivity index (χ0v) is 34.0. The molecule has 1 aromatic rings. The molecule has 0 aromatic heterocycles. The highest BCUT2D eigenvalue weighted by Crippen LogP contribution is 2.77. The molecule has 1 unspecified atom stereocenters. The van der Waals surface area contributed by atoms with E-state index in [9.17, 15) is 29.4 Å². The van der Waals surface area contributed by atoms with Gasteiger partial charge in [-0.15, -0.1) is 0 Å². The number of carbonyl (C=O) groups is 4. The number of hydrogen-bond donors (Lipinski definition) is 2. The van der Waals surface area contributed by atoms with E-state index < -0.39 is 28.9 Å². The molecule has 4 saturated carbocycles. The van der Waals surface area contributed by atoms with Crippen molar-refractivity contribution in [2.45, 2.75) is 139 Å². The van der Waals surface area contributed by atoms with Crippen molar-refractivity contribution in [3.63, 3.8) is 0 Å². The van der Waals surface area contributed by atoms with E-state index in [1.165, 1.54) is 5.57 Å². The van der Waals surface area contributed by atoms with Crippen LogP contribution in [0.5, 0.6) is 0 Å². The summed E-state index contributed by atoms with van der Waals surface area (Å²) < 4.78 is 6.16. The maximum absolute atomic E-state index is 14.1. The van der Waals surface area contributed by atoms with Crippen molar-refractivity contribution in [3.8, 4) is 0 Å². The number of rotatable bonds is 9. The summed E-state index contributed by atoms with van der Waals surface area (Å²) >= 11 is 0. The lowest BCUT2D eigenvalue weighted by Gasteiger charge is -2.72. The fourth-order valence-corrected chi connectivity index (χ4v) is 13.2.